The van der Waals surface area contributed by atoms with Gasteiger partial charge in [-0.1, -0.05) is 42.5 Å². The minimum atomic E-state index is 0.173. The van der Waals surface area contributed by atoms with E-state index in [4.69, 9.17) is 12.2 Å². The standard InChI is InChI=1S/C15H15N3OS/c1-16-15(20)18-17-14(11-7-3-2-4-8-11)12-9-5-6-10-13(12)19/h2-10,19H,1H3,(H2,16,18,20)/b17-14-. The molecular weight excluding hydrogens is 270 g/mol. The predicted octanol–water partition coefficient (Wildman–Crippen LogP) is 2.24. The van der Waals surface area contributed by atoms with Crippen molar-refractivity contribution in [2.24, 2.45) is 5.10 Å². The van der Waals surface area contributed by atoms with E-state index in [2.05, 4.69) is 15.8 Å². The summed E-state index contributed by atoms with van der Waals surface area (Å²) in [4.78, 5) is 0. The molecule has 0 aliphatic heterocycles. The van der Waals surface area contributed by atoms with E-state index < -0.39 is 0 Å². The number of thiocarbonyl (C=S) groups is 1. The van der Waals surface area contributed by atoms with Gasteiger partial charge in [0, 0.05) is 18.2 Å². The molecule has 0 radical (unpaired) electrons. The summed E-state index contributed by atoms with van der Waals surface area (Å²) in [6.07, 6.45) is 0. The molecule has 0 aliphatic rings. The van der Waals surface area contributed by atoms with Crippen molar-refractivity contribution in [1.29, 1.82) is 0 Å². The zero-order chi connectivity index (χ0) is 14.4. The van der Waals surface area contributed by atoms with Crippen molar-refractivity contribution in [3.63, 3.8) is 0 Å². The third kappa shape index (κ3) is 3.33. The molecule has 0 saturated heterocycles. The first-order valence-electron chi connectivity index (χ1n) is 6.11. The molecule has 0 unspecified atom stereocenters. The third-order valence-electron chi connectivity index (χ3n) is 2.70. The zero-order valence-corrected chi connectivity index (χ0v) is 11.8. The van der Waals surface area contributed by atoms with Crippen molar-refractivity contribution >= 4 is 23.0 Å². The van der Waals surface area contributed by atoms with Gasteiger partial charge in [0.25, 0.3) is 0 Å². The average molecular weight is 285 g/mol. The summed E-state index contributed by atoms with van der Waals surface area (Å²) >= 11 is 5.01. The highest BCUT2D eigenvalue weighted by molar-refractivity contribution is 7.80. The maximum Gasteiger partial charge on any atom is 0.186 e. The monoisotopic (exact) mass is 285 g/mol. The van der Waals surface area contributed by atoms with Gasteiger partial charge in [-0.25, -0.2) is 0 Å². The Bertz CT molecular complexity index is 626. The van der Waals surface area contributed by atoms with E-state index in [1.54, 1.807) is 19.2 Å². The molecule has 2 aromatic carbocycles. The molecule has 0 saturated carbocycles. The summed E-state index contributed by atoms with van der Waals surface area (Å²) in [5.41, 5.74) is 4.91. The van der Waals surface area contributed by atoms with Crippen LogP contribution in [0.1, 0.15) is 11.1 Å². The lowest BCUT2D eigenvalue weighted by atomic mass is 10.0. The van der Waals surface area contributed by atoms with Crippen LogP contribution in [0.15, 0.2) is 59.7 Å². The van der Waals surface area contributed by atoms with E-state index in [0.717, 1.165) is 5.56 Å². The van der Waals surface area contributed by atoms with Crippen LogP contribution in [0, 0.1) is 0 Å². The van der Waals surface area contributed by atoms with Crippen molar-refractivity contribution in [3.05, 3.63) is 65.7 Å². The summed E-state index contributed by atoms with van der Waals surface area (Å²) in [6, 6.07) is 16.7. The summed E-state index contributed by atoms with van der Waals surface area (Å²) in [7, 11) is 1.72. The van der Waals surface area contributed by atoms with Gasteiger partial charge in [0.05, 0.1) is 0 Å². The molecule has 0 atom stereocenters. The second kappa shape index (κ2) is 6.68. The molecule has 0 spiro atoms. The fourth-order valence-corrected chi connectivity index (χ4v) is 1.76. The van der Waals surface area contributed by atoms with Crippen molar-refractivity contribution in [2.45, 2.75) is 0 Å². The third-order valence-corrected chi connectivity index (χ3v) is 3.00. The second-order valence-corrected chi connectivity index (χ2v) is 4.44. The number of hydrazone groups is 1. The van der Waals surface area contributed by atoms with Crippen molar-refractivity contribution in [3.8, 4) is 5.75 Å². The van der Waals surface area contributed by atoms with Crippen LogP contribution >= 0.6 is 12.2 Å². The molecule has 0 aliphatic carbocycles. The molecule has 102 valence electrons. The van der Waals surface area contributed by atoms with Gasteiger partial charge in [-0.15, -0.1) is 0 Å². The number of para-hydroxylation sites is 1. The first-order chi connectivity index (χ1) is 9.72. The Morgan fingerprint density at radius 2 is 1.70 bits per heavy atom. The molecule has 20 heavy (non-hydrogen) atoms. The smallest absolute Gasteiger partial charge is 0.186 e. The second-order valence-electron chi connectivity index (χ2n) is 4.03. The topological polar surface area (TPSA) is 56.7 Å². The Kier molecular flexibility index (Phi) is 4.68. The molecule has 0 bridgehead atoms. The quantitative estimate of drug-likeness (QED) is 0.460. The number of rotatable bonds is 3. The minimum absolute atomic E-state index is 0.173. The van der Waals surface area contributed by atoms with Crippen LogP contribution in [0.2, 0.25) is 0 Å². The summed E-state index contributed by atoms with van der Waals surface area (Å²) in [5.74, 6) is 0.173. The van der Waals surface area contributed by atoms with Crippen LogP contribution < -0.4 is 10.7 Å². The molecule has 2 rings (SSSR count). The molecule has 4 nitrogen and oxygen atoms in total. The molecule has 0 fully saturated rings. The largest absolute Gasteiger partial charge is 0.507 e. The predicted molar refractivity (Wildman–Crippen MR) is 85.0 cm³/mol. The highest BCUT2D eigenvalue weighted by atomic mass is 32.1. The van der Waals surface area contributed by atoms with Gasteiger partial charge in [-0.3, -0.25) is 5.43 Å². The van der Waals surface area contributed by atoms with Gasteiger partial charge in [0.2, 0.25) is 0 Å². The van der Waals surface area contributed by atoms with E-state index >= 15 is 0 Å². The van der Waals surface area contributed by atoms with Crippen molar-refractivity contribution in [2.75, 3.05) is 7.05 Å². The Balaban J connectivity index is 2.45. The van der Waals surface area contributed by atoms with Gasteiger partial charge in [-0.2, -0.15) is 5.10 Å². The van der Waals surface area contributed by atoms with Crippen LogP contribution in [-0.4, -0.2) is 23.0 Å². The number of benzene rings is 2. The van der Waals surface area contributed by atoms with Gasteiger partial charge in [0.1, 0.15) is 11.5 Å². The number of hydrogen-bond acceptors (Lipinski definition) is 3. The van der Waals surface area contributed by atoms with Gasteiger partial charge >= 0.3 is 0 Å². The van der Waals surface area contributed by atoms with Crippen LogP contribution in [0.3, 0.4) is 0 Å². The highest BCUT2D eigenvalue weighted by Crippen LogP contribution is 2.20. The molecule has 0 heterocycles. The first kappa shape index (κ1) is 14.0. The molecular formula is C15H15N3OS. The lowest BCUT2D eigenvalue weighted by Crippen LogP contribution is -2.29. The highest BCUT2D eigenvalue weighted by Gasteiger charge is 2.11. The summed E-state index contributed by atoms with van der Waals surface area (Å²) in [5, 5.41) is 17.5. The Labute approximate surface area is 123 Å². The van der Waals surface area contributed by atoms with Gasteiger partial charge < -0.3 is 10.4 Å². The maximum absolute atomic E-state index is 10.0. The number of nitrogens with zero attached hydrogens (tertiary/aromatic N) is 1. The molecule has 2 aromatic rings. The van der Waals surface area contributed by atoms with E-state index in [1.807, 2.05) is 42.5 Å². The number of phenolic OH excluding ortho intramolecular Hbond substituents is 1. The van der Waals surface area contributed by atoms with E-state index in [-0.39, 0.29) is 5.75 Å². The van der Waals surface area contributed by atoms with Crippen molar-refractivity contribution < 1.29 is 5.11 Å². The Morgan fingerprint density at radius 3 is 2.35 bits per heavy atom. The Hall–Kier alpha value is -2.40. The van der Waals surface area contributed by atoms with Crippen LogP contribution in [0.25, 0.3) is 0 Å². The molecule has 0 aromatic heterocycles. The molecule has 3 N–H and O–H groups in total. The van der Waals surface area contributed by atoms with Crippen LogP contribution in [0.4, 0.5) is 0 Å². The van der Waals surface area contributed by atoms with E-state index in [0.29, 0.717) is 16.4 Å². The minimum Gasteiger partial charge on any atom is -0.507 e. The average Bonchev–Trinajstić information content (AvgIpc) is 2.50. The van der Waals surface area contributed by atoms with Gasteiger partial charge in [0.15, 0.2) is 5.11 Å². The SMILES string of the molecule is CNC(=S)N/N=C(/c1ccccc1)c1ccccc1O. The fourth-order valence-electron chi connectivity index (χ4n) is 1.71. The molecule has 5 heteroatoms. The van der Waals surface area contributed by atoms with Crippen LogP contribution in [0.5, 0.6) is 5.75 Å². The normalized spacial score (nSPS) is 10.9. The fraction of sp³-hybridized carbons (Fsp3) is 0.0667. The van der Waals surface area contributed by atoms with Crippen molar-refractivity contribution in [1.82, 2.24) is 10.7 Å². The first-order valence-corrected chi connectivity index (χ1v) is 6.52. The molecule has 0 amide bonds. The Morgan fingerprint density at radius 1 is 1.05 bits per heavy atom. The van der Waals surface area contributed by atoms with E-state index in [1.165, 1.54) is 0 Å². The van der Waals surface area contributed by atoms with E-state index in [9.17, 15) is 5.11 Å². The number of aromatic hydroxyl groups is 1. The number of hydrogen-bond donors (Lipinski definition) is 3. The summed E-state index contributed by atoms with van der Waals surface area (Å²) in [6.45, 7) is 0. The lowest BCUT2D eigenvalue weighted by Gasteiger charge is -2.10. The zero-order valence-electron chi connectivity index (χ0n) is 11.0. The lowest BCUT2D eigenvalue weighted by molar-refractivity contribution is 0.474. The maximum atomic E-state index is 10.0. The van der Waals surface area contributed by atoms with Crippen LogP contribution in [-0.2, 0) is 0 Å². The number of phenols is 1. The number of nitrogens with one attached hydrogen (secondary N) is 2. The summed E-state index contributed by atoms with van der Waals surface area (Å²) < 4.78 is 0. The van der Waals surface area contributed by atoms with Gasteiger partial charge in [-0.05, 0) is 24.4 Å².